The van der Waals surface area contributed by atoms with Crippen molar-refractivity contribution in [2.75, 3.05) is 27.2 Å². The lowest BCUT2D eigenvalue weighted by Gasteiger charge is -2.30. The number of para-hydroxylation sites is 2. The van der Waals surface area contributed by atoms with Crippen molar-refractivity contribution in [3.63, 3.8) is 0 Å². The van der Waals surface area contributed by atoms with Crippen LogP contribution in [-0.2, 0) is 40.8 Å². The molecule has 3 N–H and O–H groups in total. The Morgan fingerprint density at radius 1 is 1.11 bits per heavy atom. The predicted molar refractivity (Wildman–Crippen MR) is 213 cm³/mol. The summed E-state index contributed by atoms with van der Waals surface area (Å²) in [4.78, 5) is 61.8. The van der Waals surface area contributed by atoms with Gasteiger partial charge in [-0.15, -0.1) is 0 Å². The van der Waals surface area contributed by atoms with E-state index < -0.39 is 77.3 Å². The highest BCUT2D eigenvalue weighted by atomic mass is 32.2. The molecular weight excluding hydrogens is 759 g/mol. The Hall–Kier alpha value is -4.00. The van der Waals surface area contributed by atoms with Crippen molar-refractivity contribution in [3.8, 4) is 6.01 Å². The maximum absolute atomic E-state index is 14.5. The van der Waals surface area contributed by atoms with E-state index in [-0.39, 0.29) is 32.1 Å². The molecule has 2 aliphatic heterocycles. The van der Waals surface area contributed by atoms with Gasteiger partial charge in [0.1, 0.15) is 36.1 Å². The molecule has 1 aromatic carbocycles. The molecule has 3 heterocycles. The number of allylic oxidation sites excluding steroid dienone is 1. The first-order chi connectivity index (χ1) is 26.2. The highest BCUT2D eigenvalue weighted by molar-refractivity contribution is 7.87. The van der Waals surface area contributed by atoms with E-state index in [9.17, 15) is 27.6 Å². The maximum Gasteiger partial charge on any atom is 0.408 e. The van der Waals surface area contributed by atoms with Gasteiger partial charge in [-0.05, 0) is 64.6 Å². The van der Waals surface area contributed by atoms with Crippen molar-refractivity contribution < 1.29 is 41.8 Å². The number of nitrogens with zero attached hydrogens (tertiary/aromatic N) is 4. The van der Waals surface area contributed by atoms with E-state index in [1.807, 2.05) is 41.0 Å². The van der Waals surface area contributed by atoms with Gasteiger partial charge < -0.3 is 29.7 Å². The Labute approximate surface area is 331 Å². The zero-order valence-corrected chi connectivity index (χ0v) is 35.7. The smallest absolute Gasteiger partial charge is 0.408 e. The number of aromatic nitrogens is 2. The molecule has 310 valence electrons. The fraction of sp³-hybridized carbons (Fsp3) is 0.658. The Morgan fingerprint density at radius 2 is 1.84 bits per heavy atom. The van der Waals surface area contributed by atoms with Crippen molar-refractivity contribution >= 4 is 53.1 Å². The Kier molecular flexibility index (Phi) is 13.3. The molecular formula is C38H59N7O9SSi. The number of fused-ring (bicyclic) bond motifs is 3. The van der Waals surface area contributed by atoms with Crippen LogP contribution in [0.2, 0.25) is 25.7 Å². The van der Waals surface area contributed by atoms with Crippen LogP contribution >= 0.6 is 0 Å². The van der Waals surface area contributed by atoms with Crippen LogP contribution in [-0.4, -0.2) is 116 Å². The second-order valence-electron chi connectivity index (χ2n) is 17.4. The average Bonchev–Trinajstić information content (AvgIpc) is 3.43. The standard InChI is InChI=1S/C38H59N7O9SSi/c1-37(2,3)54-36(49)40-29-18-13-11-9-10-12-16-26-23-38(26,34(48)42-55(50,51)43(4)5)41-32(46)31-22-27(24-44(31)33(29)47)53-35-39-28-17-14-15-19-30(28)45(35)25-52-20-21-56(6,7)8/h12,14-17,19,26-27,29,31H,9-11,13,18,20-25H2,1-8H3,(H,40,49)(H,41,46)(H,42,48)/t26-,27-,29+,31+,38-/m1/s1. The van der Waals surface area contributed by atoms with E-state index in [1.54, 1.807) is 20.8 Å². The van der Waals surface area contributed by atoms with E-state index in [2.05, 4.69) is 35.0 Å². The van der Waals surface area contributed by atoms with Crippen molar-refractivity contribution in [3.05, 3.63) is 36.4 Å². The van der Waals surface area contributed by atoms with Crippen LogP contribution in [0, 0.1) is 5.92 Å². The number of carbonyl (C=O) groups excluding carboxylic acids is 4. The van der Waals surface area contributed by atoms with E-state index in [0.29, 0.717) is 31.4 Å². The fourth-order valence-corrected chi connectivity index (χ4v) is 8.22. The van der Waals surface area contributed by atoms with Crippen molar-refractivity contribution in [1.29, 1.82) is 0 Å². The summed E-state index contributed by atoms with van der Waals surface area (Å²) in [5.41, 5.74) is -0.881. The molecule has 0 spiro atoms. The molecule has 0 bridgehead atoms. The third-order valence-corrected chi connectivity index (χ3v) is 13.3. The molecule has 1 aromatic heterocycles. The molecule has 56 heavy (non-hydrogen) atoms. The van der Waals surface area contributed by atoms with E-state index >= 15 is 0 Å². The van der Waals surface area contributed by atoms with Crippen LogP contribution in [0.25, 0.3) is 11.0 Å². The number of benzene rings is 1. The molecule has 0 unspecified atom stereocenters. The van der Waals surface area contributed by atoms with Gasteiger partial charge in [-0.1, -0.05) is 56.8 Å². The van der Waals surface area contributed by atoms with Crippen LogP contribution in [0.3, 0.4) is 0 Å². The van der Waals surface area contributed by atoms with Crippen molar-refractivity contribution in [2.24, 2.45) is 5.92 Å². The average molecular weight is 818 g/mol. The lowest BCUT2D eigenvalue weighted by molar-refractivity contribution is -0.141. The van der Waals surface area contributed by atoms with Crippen LogP contribution in [0.5, 0.6) is 6.01 Å². The summed E-state index contributed by atoms with van der Waals surface area (Å²) in [6.07, 6.45) is 5.64. The number of amides is 4. The molecule has 1 aliphatic carbocycles. The lowest BCUT2D eigenvalue weighted by atomic mass is 10.0. The molecule has 0 radical (unpaired) electrons. The summed E-state index contributed by atoms with van der Waals surface area (Å²) >= 11 is 0. The van der Waals surface area contributed by atoms with Gasteiger partial charge in [0.15, 0.2) is 0 Å². The second-order valence-corrected chi connectivity index (χ2v) is 24.9. The first-order valence-corrected chi connectivity index (χ1v) is 24.6. The van der Waals surface area contributed by atoms with Gasteiger partial charge in [-0.3, -0.25) is 19.0 Å². The number of carbonyl (C=O) groups is 4. The zero-order valence-electron chi connectivity index (χ0n) is 33.9. The minimum Gasteiger partial charge on any atom is -0.459 e. The van der Waals surface area contributed by atoms with Gasteiger partial charge in [0, 0.05) is 41.1 Å². The Balaban J connectivity index is 1.47. The molecule has 2 fully saturated rings. The third-order valence-electron chi connectivity index (χ3n) is 10.1. The van der Waals surface area contributed by atoms with E-state index in [0.717, 1.165) is 28.7 Å². The van der Waals surface area contributed by atoms with Crippen molar-refractivity contribution in [1.82, 2.24) is 34.1 Å². The first kappa shape index (κ1) is 43.1. The summed E-state index contributed by atoms with van der Waals surface area (Å²) in [6.45, 7) is 12.7. The number of imidazole rings is 1. The number of rotatable bonds is 11. The van der Waals surface area contributed by atoms with Gasteiger partial charge >= 0.3 is 16.3 Å². The van der Waals surface area contributed by atoms with Crippen LogP contribution in [0.4, 0.5) is 4.79 Å². The molecule has 5 atom stereocenters. The monoisotopic (exact) mass is 817 g/mol. The number of hydrogen-bond acceptors (Lipinski definition) is 10. The molecule has 1 saturated heterocycles. The summed E-state index contributed by atoms with van der Waals surface area (Å²) < 4.78 is 48.4. The molecule has 4 amide bonds. The quantitative estimate of drug-likeness (QED) is 0.170. The van der Waals surface area contributed by atoms with Gasteiger partial charge in [0.25, 0.3) is 11.9 Å². The van der Waals surface area contributed by atoms with Crippen LogP contribution in [0.1, 0.15) is 65.7 Å². The summed E-state index contributed by atoms with van der Waals surface area (Å²) in [7, 11) is -2.93. The Bertz CT molecular complexity index is 1910. The normalized spacial score (nSPS) is 25.1. The highest BCUT2D eigenvalue weighted by Crippen LogP contribution is 2.46. The van der Waals surface area contributed by atoms with Crippen LogP contribution in [0.15, 0.2) is 36.4 Å². The number of hydrogen-bond donors (Lipinski definition) is 3. The molecule has 16 nitrogen and oxygen atoms in total. The molecule has 2 aromatic rings. The fourth-order valence-electron chi connectivity index (χ4n) is 6.87. The van der Waals surface area contributed by atoms with Crippen LogP contribution < -0.4 is 20.1 Å². The lowest BCUT2D eigenvalue weighted by Crippen LogP contribution is -2.58. The molecule has 18 heteroatoms. The number of nitrogens with one attached hydrogen (secondary N) is 3. The van der Waals surface area contributed by atoms with Gasteiger partial charge in [0.2, 0.25) is 11.8 Å². The van der Waals surface area contributed by atoms with E-state index in [4.69, 9.17) is 19.2 Å². The Morgan fingerprint density at radius 3 is 2.54 bits per heavy atom. The largest absolute Gasteiger partial charge is 0.459 e. The molecule has 1 saturated carbocycles. The number of ether oxygens (including phenoxy) is 3. The van der Waals surface area contributed by atoms with Gasteiger partial charge in [-0.25, -0.2) is 9.52 Å². The second kappa shape index (κ2) is 17.2. The minimum absolute atomic E-state index is 0.0271. The highest BCUT2D eigenvalue weighted by Gasteiger charge is 2.61. The summed E-state index contributed by atoms with van der Waals surface area (Å²) in [5.74, 6) is -2.48. The molecule has 3 aliphatic rings. The van der Waals surface area contributed by atoms with E-state index in [1.165, 1.54) is 19.0 Å². The minimum atomic E-state index is -4.17. The van der Waals surface area contributed by atoms with Crippen molar-refractivity contribution in [2.45, 2.75) is 127 Å². The van der Waals surface area contributed by atoms with Gasteiger partial charge in [0.05, 0.1) is 17.6 Å². The summed E-state index contributed by atoms with van der Waals surface area (Å²) in [6, 6.07) is 6.65. The predicted octanol–water partition coefficient (Wildman–Crippen LogP) is 3.91. The topological polar surface area (TPSA) is 190 Å². The maximum atomic E-state index is 14.5. The SMILES string of the molecule is CN(C)S(=O)(=O)NC(=O)[C@@]12C[C@H]1C=CCCCCC[C@H](NC(=O)OC(C)(C)C)C(=O)N1C[C@H](Oc3nc4ccccc4n3COCC[Si](C)(C)C)C[C@H]1C(=O)N2. The molecule has 5 rings (SSSR count). The van der Waals surface area contributed by atoms with Gasteiger partial charge in [-0.2, -0.15) is 17.7 Å². The number of alkyl carbamates (subject to hydrolysis) is 1. The zero-order chi connectivity index (χ0) is 41.1. The third kappa shape index (κ3) is 10.9. The first-order valence-electron chi connectivity index (χ1n) is 19.4. The summed E-state index contributed by atoms with van der Waals surface area (Å²) in [5, 5.41) is 5.61.